The molecule has 5 nitrogen and oxygen atoms in total. The van der Waals surface area contributed by atoms with Gasteiger partial charge in [0.25, 0.3) is 0 Å². The van der Waals surface area contributed by atoms with Crippen molar-refractivity contribution in [1.29, 1.82) is 0 Å². The maximum absolute atomic E-state index is 6.21. The summed E-state index contributed by atoms with van der Waals surface area (Å²) in [4.78, 5) is 8.36. The van der Waals surface area contributed by atoms with Crippen molar-refractivity contribution >= 4 is 0 Å². The van der Waals surface area contributed by atoms with E-state index in [1.165, 1.54) is 0 Å². The first-order valence-corrected chi connectivity index (χ1v) is 5.39. The van der Waals surface area contributed by atoms with Gasteiger partial charge in [0, 0.05) is 19.5 Å². The number of ether oxygens (including phenoxy) is 2. The van der Waals surface area contributed by atoms with E-state index in [0.717, 1.165) is 19.3 Å². The number of rotatable bonds is 4. The Morgan fingerprint density at radius 3 is 2.50 bits per heavy atom. The van der Waals surface area contributed by atoms with Crippen molar-refractivity contribution in [3.05, 3.63) is 18.1 Å². The Hall–Kier alpha value is -1.20. The van der Waals surface area contributed by atoms with Gasteiger partial charge < -0.3 is 15.2 Å². The molecule has 5 heteroatoms. The van der Waals surface area contributed by atoms with E-state index in [1.807, 2.05) is 0 Å². The Kier molecular flexibility index (Phi) is 3.07. The smallest absolute Gasteiger partial charge is 0.237 e. The minimum Gasteiger partial charge on any atom is -0.480 e. The molecule has 2 N–H and O–H groups in total. The van der Waals surface area contributed by atoms with Crippen LogP contribution in [0, 0.1) is 0 Å². The molecule has 0 spiro atoms. The molecule has 88 valence electrons. The number of nitrogens with two attached hydrogens (primary N) is 1. The van der Waals surface area contributed by atoms with E-state index >= 15 is 0 Å². The molecule has 0 amide bonds. The number of hydrogen-bond donors (Lipinski definition) is 1. The van der Waals surface area contributed by atoms with Crippen molar-refractivity contribution in [2.75, 3.05) is 14.2 Å². The number of hydrogen-bond acceptors (Lipinski definition) is 5. The molecule has 16 heavy (non-hydrogen) atoms. The topological polar surface area (TPSA) is 70.3 Å². The molecule has 0 bridgehead atoms. The Morgan fingerprint density at radius 1 is 1.31 bits per heavy atom. The van der Waals surface area contributed by atoms with Crippen LogP contribution in [0.4, 0.5) is 0 Å². The highest BCUT2D eigenvalue weighted by molar-refractivity contribution is 5.25. The summed E-state index contributed by atoms with van der Waals surface area (Å²) in [7, 11) is 3.27. The van der Waals surface area contributed by atoms with E-state index in [4.69, 9.17) is 15.2 Å². The molecule has 1 aromatic heterocycles. The second-order valence-electron chi connectivity index (χ2n) is 4.05. The zero-order chi connectivity index (χ0) is 11.6. The molecule has 1 aromatic rings. The van der Waals surface area contributed by atoms with Crippen molar-refractivity contribution in [2.24, 2.45) is 5.73 Å². The minimum atomic E-state index is -0.288. The van der Waals surface area contributed by atoms with Crippen LogP contribution in [0.25, 0.3) is 0 Å². The summed E-state index contributed by atoms with van der Waals surface area (Å²) >= 11 is 0. The maximum Gasteiger partial charge on any atom is 0.237 e. The molecule has 1 aliphatic carbocycles. The van der Waals surface area contributed by atoms with Gasteiger partial charge in [0.15, 0.2) is 0 Å². The van der Waals surface area contributed by atoms with Crippen molar-refractivity contribution in [3.8, 4) is 5.88 Å². The first kappa shape index (κ1) is 11.3. The highest BCUT2D eigenvalue weighted by atomic mass is 16.5. The molecular formula is C11H17N3O2. The Bertz CT molecular complexity index is 360. The lowest BCUT2D eigenvalue weighted by Crippen LogP contribution is -2.49. The first-order chi connectivity index (χ1) is 7.73. The monoisotopic (exact) mass is 223 g/mol. The third-order valence-corrected chi connectivity index (χ3v) is 3.35. The third kappa shape index (κ3) is 1.66. The van der Waals surface area contributed by atoms with Crippen LogP contribution in [0.15, 0.2) is 12.4 Å². The molecule has 1 heterocycles. The van der Waals surface area contributed by atoms with E-state index in [9.17, 15) is 0 Å². The van der Waals surface area contributed by atoms with Crippen LogP contribution >= 0.6 is 0 Å². The summed E-state index contributed by atoms with van der Waals surface area (Å²) in [5.74, 6) is 0.485. The number of methoxy groups -OCH3 is 2. The zero-order valence-corrected chi connectivity index (χ0v) is 9.64. The minimum absolute atomic E-state index is 0.283. The summed E-state index contributed by atoms with van der Waals surface area (Å²) in [5, 5.41) is 0. The fourth-order valence-electron chi connectivity index (χ4n) is 2.12. The number of nitrogens with zero attached hydrogens (tertiary/aromatic N) is 2. The molecule has 1 atom stereocenters. The van der Waals surface area contributed by atoms with Gasteiger partial charge >= 0.3 is 0 Å². The Morgan fingerprint density at radius 2 is 2.00 bits per heavy atom. The predicted octanol–water partition coefficient (Wildman–Crippen LogP) is 1.05. The van der Waals surface area contributed by atoms with E-state index in [0.29, 0.717) is 11.6 Å². The molecule has 0 radical (unpaired) electrons. The lowest BCUT2D eigenvalue weighted by Gasteiger charge is -2.44. The van der Waals surface area contributed by atoms with Gasteiger partial charge in [-0.3, -0.25) is 4.98 Å². The molecule has 0 aromatic carbocycles. The van der Waals surface area contributed by atoms with Gasteiger partial charge in [0.05, 0.1) is 18.8 Å². The van der Waals surface area contributed by atoms with Gasteiger partial charge in [-0.15, -0.1) is 0 Å². The largest absolute Gasteiger partial charge is 0.480 e. The fraction of sp³-hybridized carbons (Fsp3) is 0.636. The lowest BCUT2D eigenvalue weighted by molar-refractivity contribution is -0.0924. The highest BCUT2D eigenvalue weighted by Gasteiger charge is 2.45. The van der Waals surface area contributed by atoms with Crippen molar-refractivity contribution < 1.29 is 9.47 Å². The Labute approximate surface area is 95.0 Å². The van der Waals surface area contributed by atoms with Gasteiger partial charge in [-0.25, -0.2) is 4.98 Å². The van der Waals surface area contributed by atoms with E-state index in [2.05, 4.69) is 9.97 Å². The second kappa shape index (κ2) is 4.35. The summed E-state index contributed by atoms with van der Waals surface area (Å²) in [6.07, 6.45) is 6.29. The average molecular weight is 223 g/mol. The number of aromatic nitrogens is 2. The maximum atomic E-state index is 6.21. The molecule has 0 saturated heterocycles. The quantitative estimate of drug-likeness (QED) is 0.826. The van der Waals surface area contributed by atoms with Gasteiger partial charge in [0.2, 0.25) is 5.88 Å². The normalized spacial score (nSPS) is 19.9. The lowest BCUT2D eigenvalue weighted by atomic mass is 9.73. The van der Waals surface area contributed by atoms with Crippen LogP contribution in [-0.4, -0.2) is 29.8 Å². The van der Waals surface area contributed by atoms with Crippen LogP contribution in [0.3, 0.4) is 0 Å². The third-order valence-electron chi connectivity index (χ3n) is 3.35. The van der Waals surface area contributed by atoms with Crippen LogP contribution in [-0.2, 0) is 4.74 Å². The highest BCUT2D eigenvalue weighted by Crippen LogP contribution is 2.44. The molecule has 1 fully saturated rings. The van der Waals surface area contributed by atoms with Crippen molar-refractivity contribution in [2.45, 2.75) is 30.9 Å². The van der Waals surface area contributed by atoms with Crippen LogP contribution in [0.1, 0.15) is 31.0 Å². The van der Waals surface area contributed by atoms with Gasteiger partial charge in [-0.2, -0.15) is 0 Å². The summed E-state index contributed by atoms with van der Waals surface area (Å²) in [6.45, 7) is 0. The molecule has 2 rings (SSSR count). The van der Waals surface area contributed by atoms with Crippen LogP contribution in [0.5, 0.6) is 5.88 Å². The van der Waals surface area contributed by atoms with E-state index < -0.39 is 0 Å². The molecular weight excluding hydrogens is 206 g/mol. The van der Waals surface area contributed by atoms with Crippen molar-refractivity contribution in [1.82, 2.24) is 9.97 Å². The van der Waals surface area contributed by atoms with Crippen molar-refractivity contribution in [3.63, 3.8) is 0 Å². The Balaban J connectivity index is 2.29. The summed E-state index contributed by atoms with van der Waals surface area (Å²) in [5.41, 5.74) is 6.60. The summed E-state index contributed by atoms with van der Waals surface area (Å²) in [6, 6.07) is -0.283. The molecule has 1 saturated carbocycles. The van der Waals surface area contributed by atoms with Gasteiger partial charge in [-0.1, -0.05) is 0 Å². The van der Waals surface area contributed by atoms with Gasteiger partial charge in [0.1, 0.15) is 5.69 Å². The fourth-order valence-corrected chi connectivity index (χ4v) is 2.12. The first-order valence-electron chi connectivity index (χ1n) is 5.39. The van der Waals surface area contributed by atoms with E-state index in [-0.39, 0.29) is 11.6 Å². The second-order valence-corrected chi connectivity index (χ2v) is 4.05. The standard InChI is InChI=1S/C11H17N3O2/c1-15-10-8(13-6-7-14-10)9(12)11(16-2)4-3-5-11/h6-7,9H,3-5,12H2,1-2H3. The molecule has 1 unspecified atom stereocenters. The van der Waals surface area contributed by atoms with Crippen LogP contribution < -0.4 is 10.5 Å². The molecule has 0 aliphatic heterocycles. The van der Waals surface area contributed by atoms with Crippen LogP contribution in [0.2, 0.25) is 0 Å². The summed E-state index contributed by atoms with van der Waals surface area (Å²) < 4.78 is 10.7. The SMILES string of the molecule is COc1nccnc1C(N)C1(OC)CCC1. The van der Waals surface area contributed by atoms with E-state index in [1.54, 1.807) is 26.6 Å². The predicted molar refractivity (Wildman–Crippen MR) is 59.1 cm³/mol. The van der Waals surface area contributed by atoms with Gasteiger partial charge in [-0.05, 0) is 19.3 Å². The average Bonchev–Trinajstić information content (AvgIpc) is 2.28. The molecule has 1 aliphatic rings. The zero-order valence-electron chi connectivity index (χ0n) is 9.64.